The predicted octanol–water partition coefficient (Wildman–Crippen LogP) is 1.76. The minimum Gasteiger partial charge on any atom is -0.452 e. The van der Waals surface area contributed by atoms with E-state index < -0.39 is 29.4 Å². The van der Waals surface area contributed by atoms with Crippen molar-refractivity contribution in [2.45, 2.75) is 44.1 Å². The number of carbonyl (C=O) groups is 3. The smallest absolute Gasteiger partial charge is 0.318 e. The number of ether oxygens (including phenoxy) is 1. The van der Waals surface area contributed by atoms with Crippen molar-refractivity contribution in [3.8, 4) is 0 Å². The van der Waals surface area contributed by atoms with E-state index in [1.807, 2.05) is 5.32 Å². The normalized spacial score (nSPS) is 17.3. The topological polar surface area (TPSA) is 98.5 Å². The van der Waals surface area contributed by atoms with Crippen molar-refractivity contribution in [2.75, 3.05) is 0 Å². The highest BCUT2D eigenvalue weighted by Gasteiger charge is 2.45. The van der Waals surface area contributed by atoms with Gasteiger partial charge < -0.3 is 10.5 Å². The van der Waals surface area contributed by atoms with Crippen molar-refractivity contribution >= 4 is 17.9 Å². The Morgan fingerprint density at radius 1 is 1.22 bits per heavy atom. The predicted molar refractivity (Wildman–Crippen MR) is 79.8 cm³/mol. The van der Waals surface area contributed by atoms with Crippen LogP contribution in [0.4, 0.5) is 9.18 Å². The highest BCUT2D eigenvalue weighted by atomic mass is 19.1. The number of amides is 3. The molecule has 1 atom stereocenters. The number of imide groups is 1. The van der Waals surface area contributed by atoms with Crippen molar-refractivity contribution in [1.82, 2.24) is 5.32 Å². The van der Waals surface area contributed by atoms with Gasteiger partial charge in [0.05, 0.1) is 5.41 Å². The summed E-state index contributed by atoms with van der Waals surface area (Å²) >= 11 is 0. The lowest BCUT2D eigenvalue weighted by Crippen LogP contribution is -2.45. The first-order chi connectivity index (χ1) is 10.8. The first kappa shape index (κ1) is 16.9. The van der Waals surface area contributed by atoms with E-state index in [4.69, 9.17) is 10.5 Å². The minimum atomic E-state index is -1.15. The molecule has 1 aromatic rings. The van der Waals surface area contributed by atoms with Gasteiger partial charge in [0.15, 0.2) is 6.10 Å². The number of nitrogens with two attached hydrogens (primary N) is 1. The average Bonchev–Trinajstić information content (AvgIpc) is 2.98. The molecule has 0 saturated heterocycles. The molecule has 124 valence electrons. The van der Waals surface area contributed by atoms with Crippen molar-refractivity contribution in [3.63, 3.8) is 0 Å². The summed E-state index contributed by atoms with van der Waals surface area (Å²) in [6.45, 7) is 1.36. The summed E-state index contributed by atoms with van der Waals surface area (Å²) in [5.74, 6) is -1.71. The number of carbonyl (C=O) groups excluding carboxylic acids is 3. The molecule has 23 heavy (non-hydrogen) atoms. The molecule has 1 aromatic carbocycles. The second kappa shape index (κ2) is 6.76. The molecule has 7 heteroatoms. The summed E-state index contributed by atoms with van der Waals surface area (Å²) < 4.78 is 18.4. The molecule has 1 saturated carbocycles. The second-order valence-corrected chi connectivity index (χ2v) is 5.70. The van der Waals surface area contributed by atoms with E-state index in [9.17, 15) is 18.8 Å². The Labute approximate surface area is 133 Å². The summed E-state index contributed by atoms with van der Waals surface area (Å²) in [7, 11) is 0. The molecule has 1 aliphatic rings. The SMILES string of the molecule is C[C@H](OC(=O)C1(c2ccc(F)cc2)CCCC1)C(=O)NC(N)=O. The van der Waals surface area contributed by atoms with Crippen LogP contribution in [0.5, 0.6) is 0 Å². The van der Waals surface area contributed by atoms with E-state index in [0.717, 1.165) is 12.8 Å². The van der Waals surface area contributed by atoms with Crippen LogP contribution in [0, 0.1) is 5.82 Å². The Hall–Kier alpha value is -2.44. The Morgan fingerprint density at radius 3 is 2.30 bits per heavy atom. The molecule has 6 nitrogen and oxygen atoms in total. The van der Waals surface area contributed by atoms with Crippen LogP contribution >= 0.6 is 0 Å². The average molecular weight is 322 g/mol. The van der Waals surface area contributed by atoms with E-state index in [0.29, 0.717) is 18.4 Å². The van der Waals surface area contributed by atoms with Crippen LogP contribution in [0.1, 0.15) is 38.2 Å². The molecule has 3 N–H and O–H groups in total. The lowest BCUT2D eigenvalue weighted by molar-refractivity contribution is -0.160. The maximum atomic E-state index is 13.1. The van der Waals surface area contributed by atoms with Gasteiger partial charge >= 0.3 is 12.0 Å². The van der Waals surface area contributed by atoms with Gasteiger partial charge in [-0.05, 0) is 37.5 Å². The largest absolute Gasteiger partial charge is 0.452 e. The van der Waals surface area contributed by atoms with Crippen LogP contribution in [-0.2, 0) is 19.7 Å². The van der Waals surface area contributed by atoms with Gasteiger partial charge in [0.25, 0.3) is 5.91 Å². The zero-order valence-corrected chi connectivity index (χ0v) is 12.8. The van der Waals surface area contributed by atoms with E-state index in [1.54, 1.807) is 12.1 Å². The van der Waals surface area contributed by atoms with Gasteiger partial charge in [0.1, 0.15) is 5.82 Å². The summed E-state index contributed by atoms with van der Waals surface area (Å²) in [5.41, 5.74) is 4.66. The number of nitrogens with one attached hydrogen (secondary N) is 1. The fourth-order valence-electron chi connectivity index (χ4n) is 2.91. The number of hydrogen-bond acceptors (Lipinski definition) is 4. The monoisotopic (exact) mass is 322 g/mol. The molecule has 1 aliphatic carbocycles. The zero-order valence-electron chi connectivity index (χ0n) is 12.8. The lowest BCUT2D eigenvalue weighted by atomic mass is 9.79. The highest BCUT2D eigenvalue weighted by Crippen LogP contribution is 2.42. The molecule has 3 amide bonds. The Morgan fingerprint density at radius 2 is 1.78 bits per heavy atom. The van der Waals surface area contributed by atoms with Crippen LogP contribution < -0.4 is 11.1 Å². The fourth-order valence-corrected chi connectivity index (χ4v) is 2.91. The lowest BCUT2D eigenvalue weighted by Gasteiger charge is -2.28. The van der Waals surface area contributed by atoms with Gasteiger partial charge in [-0.2, -0.15) is 0 Å². The van der Waals surface area contributed by atoms with Gasteiger partial charge in [-0.1, -0.05) is 25.0 Å². The fraction of sp³-hybridized carbons (Fsp3) is 0.438. The third-order valence-electron chi connectivity index (χ3n) is 4.14. The molecule has 0 unspecified atom stereocenters. The number of hydrogen-bond donors (Lipinski definition) is 2. The molecule has 0 heterocycles. The number of halogens is 1. The number of rotatable bonds is 4. The molecule has 1 fully saturated rings. The van der Waals surface area contributed by atoms with Crippen LogP contribution in [0.25, 0.3) is 0 Å². The Kier molecular flexibility index (Phi) is 4.98. The molecule has 0 spiro atoms. The number of urea groups is 1. The summed E-state index contributed by atoms with van der Waals surface area (Å²) in [6.07, 6.45) is 1.68. The molecule has 0 aliphatic heterocycles. The Balaban J connectivity index is 2.17. The maximum absolute atomic E-state index is 13.1. The van der Waals surface area contributed by atoms with Gasteiger partial charge in [-0.25, -0.2) is 9.18 Å². The number of benzene rings is 1. The highest BCUT2D eigenvalue weighted by molar-refractivity contribution is 5.97. The third-order valence-corrected chi connectivity index (χ3v) is 4.14. The maximum Gasteiger partial charge on any atom is 0.318 e. The molecule has 2 rings (SSSR count). The first-order valence-corrected chi connectivity index (χ1v) is 7.42. The van der Waals surface area contributed by atoms with Crippen molar-refractivity contribution in [2.24, 2.45) is 5.73 Å². The van der Waals surface area contributed by atoms with Crippen molar-refractivity contribution in [3.05, 3.63) is 35.6 Å². The molecule has 0 radical (unpaired) electrons. The standard InChI is InChI=1S/C16H19FN2O4/c1-10(13(20)19-15(18)22)23-14(21)16(8-2-3-9-16)11-4-6-12(17)7-5-11/h4-7,10H,2-3,8-9H2,1H3,(H3,18,19,20,22)/t10-/m0/s1. The quantitative estimate of drug-likeness (QED) is 0.825. The van der Waals surface area contributed by atoms with E-state index in [1.165, 1.54) is 19.1 Å². The van der Waals surface area contributed by atoms with E-state index >= 15 is 0 Å². The van der Waals surface area contributed by atoms with Crippen molar-refractivity contribution in [1.29, 1.82) is 0 Å². The van der Waals surface area contributed by atoms with Gasteiger partial charge in [0, 0.05) is 0 Å². The van der Waals surface area contributed by atoms with Crippen molar-refractivity contribution < 1.29 is 23.5 Å². The summed E-state index contributed by atoms with van der Waals surface area (Å²) in [6, 6.07) is 4.72. The van der Waals surface area contributed by atoms with Crippen LogP contribution in [0.3, 0.4) is 0 Å². The number of esters is 1. The molecule has 0 bridgehead atoms. The van der Waals surface area contributed by atoms with Crippen LogP contribution in [0.15, 0.2) is 24.3 Å². The summed E-state index contributed by atoms with van der Waals surface area (Å²) in [5, 5.41) is 1.87. The van der Waals surface area contributed by atoms with Gasteiger partial charge in [-0.15, -0.1) is 0 Å². The number of primary amides is 1. The van der Waals surface area contributed by atoms with Gasteiger partial charge in [0.2, 0.25) is 0 Å². The van der Waals surface area contributed by atoms with Crippen LogP contribution in [0.2, 0.25) is 0 Å². The molecular formula is C16H19FN2O4. The minimum absolute atomic E-state index is 0.385. The second-order valence-electron chi connectivity index (χ2n) is 5.70. The summed E-state index contributed by atoms with van der Waals surface area (Å²) in [4.78, 5) is 35.0. The zero-order chi connectivity index (χ0) is 17.0. The van der Waals surface area contributed by atoms with E-state index in [-0.39, 0.29) is 5.82 Å². The Bertz CT molecular complexity index is 609. The molecular weight excluding hydrogens is 303 g/mol. The van der Waals surface area contributed by atoms with E-state index in [2.05, 4.69) is 0 Å². The van der Waals surface area contributed by atoms with Crippen LogP contribution in [-0.4, -0.2) is 24.0 Å². The molecule has 0 aromatic heterocycles. The first-order valence-electron chi connectivity index (χ1n) is 7.42. The van der Waals surface area contributed by atoms with Gasteiger partial charge in [-0.3, -0.25) is 14.9 Å². The third kappa shape index (κ3) is 3.67.